The van der Waals surface area contributed by atoms with Gasteiger partial charge in [-0.3, -0.25) is 0 Å². The fourth-order valence-electron chi connectivity index (χ4n) is 2.78. The van der Waals surface area contributed by atoms with Crippen molar-refractivity contribution in [3.8, 4) is 5.75 Å². The summed E-state index contributed by atoms with van der Waals surface area (Å²) in [6, 6.07) is 5.80. The lowest BCUT2D eigenvalue weighted by Gasteiger charge is -2.36. The van der Waals surface area contributed by atoms with Gasteiger partial charge in [0.25, 0.3) is 0 Å². The first-order valence-corrected chi connectivity index (χ1v) is 8.91. The van der Waals surface area contributed by atoms with Crippen LogP contribution in [0.25, 0.3) is 0 Å². The normalized spacial score (nSPS) is 18.4. The highest BCUT2D eigenvalue weighted by Crippen LogP contribution is 2.38. The molecule has 4 heteroatoms. The minimum atomic E-state index is 0.358. The quantitative estimate of drug-likeness (QED) is 0.835. The molecule has 1 fully saturated rings. The summed E-state index contributed by atoms with van der Waals surface area (Å²) in [4.78, 5) is 0. The highest BCUT2D eigenvalue weighted by molar-refractivity contribution is 9.10. The molecule has 2 rings (SSSR count). The molecule has 1 saturated carbocycles. The number of phenols is 1. The molecule has 0 unspecified atom stereocenters. The number of hydrogen-bond acceptors (Lipinski definition) is 3. The zero-order valence-electron chi connectivity index (χ0n) is 11.4. The summed E-state index contributed by atoms with van der Waals surface area (Å²) in [6.45, 7) is 1.76. The Labute approximate surface area is 128 Å². The second-order valence-electron chi connectivity index (χ2n) is 5.30. The van der Waals surface area contributed by atoms with Gasteiger partial charge in [-0.25, -0.2) is 0 Å². The van der Waals surface area contributed by atoms with Crippen molar-refractivity contribution >= 4 is 27.7 Å². The molecule has 0 amide bonds. The Morgan fingerprint density at radius 1 is 1.32 bits per heavy atom. The van der Waals surface area contributed by atoms with E-state index >= 15 is 0 Å². The van der Waals surface area contributed by atoms with Gasteiger partial charge in [0.2, 0.25) is 0 Å². The van der Waals surface area contributed by atoms with Crippen LogP contribution in [0.5, 0.6) is 5.75 Å². The molecule has 1 aromatic rings. The Bertz CT molecular complexity index is 419. The van der Waals surface area contributed by atoms with Gasteiger partial charge in [-0.1, -0.05) is 31.4 Å². The van der Waals surface area contributed by atoms with Crippen LogP contribution in [0.1, 0.15) is 37.7 Å². The number of halogens is 1. The standard InChI is InChI=1S/C15H22BrNOS/c1-19-15(8-3-2-4-9-15)11-17-10-12-6-5-7-13(16)14(12)18/h5-7,17-18H,2-4,8-11H2,1H3. The van der Waals surface area contributed by atoms with Crippen LogP contribution in [0.15, 0.2) is 22.7 Å². The number of nitrogens with one attached hydrogen (secondary N) is 1. The van der Waals surface area contributed by atoms with E-state index in [9.17, 15) is 5.11 Å². The molecule has 0 aromatic heterocycles. The van der Waals surface area contributed by atoms with Gasteiger partial charge >= 0.3 is 0 Å². The van der Waals surface area contributed by atoms with Gasteiger partial charge in [-0.05, 0) is 41.1 Å². The smallest absolute Gasteiger partial charge is 0.134 e. The van der Waals surface area contributed by atoms with Gasteiger partial charge in [0.05, 0.1) is 4.47 Å². The molecule has 0 atom stereocenters. The third-order valence-corrected chi connectivity index (χ3v) is 6.09. The second-order valence-corrected chi connectivity index (χ2v) is 7.43. The molecular weight excluding hydrogens is 322 g/mol. The largest absolute Gasteiger partial charge is 0.506 e. The molecule has 0 aliphatic heterocycles. The predicted octanol–water partition coefficient (Wildman–Crippen LogP) is 4.31. The van der Waals surface area contributed by atoms with Crippen molar-refractivity contribution in [3.63, 3.8) is 0 Å². The lowest BCUT2D eigenvalue weighted by molar-refractivity contribution is 0.377. The van der Waals surface area contributed by atoms with E-state index in [0.717, 1.165) is 23.1 Å². The van der Waals surface area contributed by atoms with E-state index in [1.807, 2.05) is 30.0 Å². The number of thioether (sulfide) groups is 1. The lowest BCUT2D eigenvalue weighted by atomic mass is 9.88. The third-order valence-electron chi connectivity index (χ3n) is 4.03. The SMILES string of the molecule is CSC1(CNCc2cccc(Br)c2O)CCCCC1. The van der Waals surface area contributed by atoms with Gasteiger partial charge in [-0.15, -0.1) is 0 Å². The lowest BCUT2D eigenvalue weighted by Crippen LogP contribution is -2.39. The van der Waals surface area contributed by atoms with Crippen LogP contribution in [0.4, 0.5) is 0 Å². The zero-order valence-corrected chi connectivity index (χ0v) is 13.8. The van der Waals surface area contributed by atoms with E-state index in [0.29, 0.717) is 10.5 Å². The minimum Gasteiger partial charge on any atom is -0.506 e. The topological polar surface area (TPSA) is 32.3 Å². The molecule has 0 radical (unpaired) electrons. The number of rotatable bonds is 5. The van der Waals surface area contributed by atoms with Gasteiger partial charge in [-0.2, -0.15) is 11.8 Å². The van der Waals surface area contributed by atoms with Crippen molar-refractivity contribution in [1.82, 2.24) is 5.32 Å². The van der Waals surface area contributed by atoms with Crippen molar-refractivity contribution in [2.75, 3.05) is 12.8 Å². The summed E-state index contributed by atoms with van der Waals surface area (Å²) in [5.74, 6) is 0.358. The molecule has 0 bridgehead atoms. The Kier molecular flexibility index (Phi) is 5.60. The molecule has 2 N–H and O–H groups in total. The van der Waals surface area contributed by atoms with E-state index in [-0.39, 0.29) is 0 Å². The number of phenolic OH excluding ortho intramolecular Hbond substituents is 1. The Hall–Kier alpha value is -0.190. The van der Waals surface area contributed by atoms with Crippen molar-refractivity contribution < 1.29 is 5.11 Å². The summed E-state index contributed by atoms with van der Waals surface area (Å²) in [7, 11) is 0. The highest BCUT2D eigenvalue weighted by Gasteiger charge is 2.30. The molecule has 0 spiro atoms. The molecule has 2 nitrogen and oxygen atoms in total. The molecule has 1 aromatic carbocycles. The predicted molar refractivity (Wildman–Crippen MR) is 86.8 cm³/mol. The first kappa shape index (κ1) is 15.2. The molecular formula is C15H22BrNOS. The summed E-state index contributed by atoms with van der Waals surface area (Å²) >= 11 is 5.36. The van der Waals surface area contributed by atoms with Gasteiger partial charge < -0.3 is 10.4 Å². The van der Waals surface area contributed by atoms with Crippen LogP contribution >= 0.6 is 27.7 Å². The molecule has 1 aliphatic carbocycles. The second kappa shape index (κ2) is 7.00. The minimum absolute atomic E-state index is 0.358. The fraction of sp³-hybridized carbons (Fsp3) is 0.600. The van der Waals surface area contributed by atoms with Crippen LogP contribution in [0, 0.1) is 0 Å². The van der Waals surface area contributed by atoms with Gasteiger partial charge in [0, 0.05) is 23.4 Å². The number of benzene rings is 1. The molecule has 0 saturated heterocycles. The number of hydrogen-bond donors (Lipinski definition) is 2. The average molecular weight is 344 g/mol. The van der Waals surface area contributed by atoms with Crippen LogP contribution in [0.2, 0.25) is 0 Å². The fourth-order valence-corrected chi connectivity index (χ4v) is 4.13. The number of aromatic hydroxyl groups is 1. The Morgan fingerprint density at radius 2 is 2.05 bits per heavy atom. The zero-order chi connectivity index (χ0) is 13.7. The van der Waals surface area contributed by atoms with Crippen LogP contribution in [-0.2, 0) is 6.54 Å². The van der Waals surface area contributed by atoms with E-state index in [4.69, 9.17) is 0 Å². The van der Waals surface area contributed by atoms with E-state index in [1.165, 1.54) is 32.1 Å². The summed E-state index contributed by atoms with van der Waals surface area (Å²) in [5.41, 5.74) is 0.960. The summed E-state index contributed by atoms with van der Waals surface area (Å²) < 4.78 is 1.17. The third kappa shape index (κ3) is 3.89. The highest BCUT2D eigenvalue weighted by atomic mass is 79.9. The molecule has 0 heterocycles. The maximum absolute atomic E-state index is 9.96. The van der Waals surface area contributed by atoms with Gasteiger partial charge in [0.1, 0.15) is 5.75 Å². The Morgan fingerprint density at radius 3 is 2.74 bits per heavy atom. The summed E-state index contributed by atoms with van der Waals surface area (Å²) in [6.07, 6.45) is 8.94. The van der Waals surface area contributed by atoms with Crippen LogP contribution in [-0.4, -0.2) is 22.7 Å². The van der Waals surface area contributed by atoms with Crippen molar-refractivity contribution in [2.24, 2.45) is 0 Å². The maximum atomic E-state index is 9.96. The first-order chi connectivity index (χ1) is 9.17. The Balaban J connectivity index is 1.90. The first-order valence-electron chi connectivity index (χ1n) is 6.89. The van der Waals surface area contributed by atoms with E-state index < -0.39 is 0 Å². The average Bonchev–Trinajstić information content (AvgIpc) is 2.44. The van der Waals surface area contributed by atoms with Crippen LogP contribution in [0.3, 0.4) is 0 Å². The van der Waals surface area contributed by atoms with Crippen molar-refractivity contribution in [3.05, 3.63) is 28.2 Å². The monoisotopic (exact) mass is 343 g/mol. The molecule has 1 aliphatic rings. The number of para-hydroxylation sites is 1. The van der Waals surface area contributed by atoms with E-state index in [2.05, 4.69) is 27.5 Å². The molecule has 106 valence electrons. The van der Waals surface area contributed by atoms with Crippen molar-refractivity contribution in [1.29, 1.82) is 0 Å². The van der Waals surface area contributed by atoms with Crippen LogP contribution < -0.4 is 5.32 Å². The van der Waals surface area contributed by atoms with E-state index in [1.54, 1.807) is 0 Å². The molecule has 19 heavy (non-hydrogen) atoms. The summed E-state index contributed by atoms with van der Waals surface area (Å²) in [5, 5.41) is 13.5. The maximum Gasteiger partial charge on any atom is 0.134 e. The van der Waals surface area contributed by atoms with Crippen molar-refractivity contribution in [2.45, 2.75) is 43.4 Å². The van der Waals surface area contributed by atoms with Gasteiger partial charge in [0.15, 0.2) is 0 Å².